The molecule has 0 radical (unpaired) electrons. The lowest BCUT2D eigenvalue weighted by molar-refractivity contribution is 0.208. The number of urea groups is 1. The minimum absolute atomic E-state index is 0.108. The Labute approximate surface area is 164 Å². The van der Waals surface area contributed by atoms with E-state index >= 15 is 0 Å². The number of ether oxygens (including phenoxy) is 2. The summed E-state index contributed by atoms with van der Waals surface area (Å²) in [5.41, 5.74) is 1.90. The fraction of sp³-hybridized carbons (Fsp3) is 0.350. The lowest BCUT2D eigenvalue weighted by atomic mass is 10.2. The van der Waals surface area contributed by atoms with E-state index in [4.69, 9.17) is 9.47 Å². The number of carbonyl (C=O) groups is 1. The van der Waals surface area contributed by atoms with Crippen LogP contribution < -0.4 is 19.7 Å². The van der Waals surface area contributed by atoms with Crippen molar-refractivity contribution >= 4 is 29.2 Å². The molecule has 2 aromatic rings. The number of rotatable bonds is 5. The van der Waals surface area contributed by atoms with Gasteiger partial charge in [-0.05, 0) is 18.4 Å². The first kappa shape index (κ1) is 19.2. The van der Waals surface area contributed by atoms with E-state index in [1.54, 1.807) is 44.2 Å². The van der Waals surface area contributed by atoms with Crippen molar-refractivity contribution in [3.63, 3.8) is 0 Å². The molecule has 1 saturated heterocycles. The SMILES string of the molecule is COc1cc(NC(=O)N2CCN(c3ccccc3SC)CC2)cc(OC)c1. The maximum absolute atomic E-state index is 12.6. The molecule has 0 bridgehead atoms. The van der Waals surface area contributed by atoms with Crippen molar-refractivity contribution in [2.45, 2.75) is 4.90 Å². The zero-order chi connectivity index (χ0) is 19.2. The zero-order valence-corrected chi connectivity index (χ0v) is 16.7. The Morgan fingerprint density at radius 3 is 2.22 bits per heavy atom. The van der Waals surface area contributed by atoms with Crippen LogP contribution >= 0.6 is 11.8 Å². The van der Waals surface area contributed by atoms with E-state index in [9.17, 15) is 4.79 Å². The van der Waals surface area contributed by atoms with Gasteiger partial charge in [-0.15, -0.1) is 11.8 Å². The molecule has 144 valence electrons. The Morgan fingerprint density at radius 1 is 1.00 bits per heavy atom. The maximum atomic E-state index is 12.6. The first-order valence-electron chi connectivity index (χ1n) is 8.81. The predicted octanol–water partition coefficient (Wildman–Crippen LogP) is 3.78. The number of piperazine rings is 1. The molecule has 0 spiro atoms. The lowest BCUT2D eigenvalue weighted by Gasteiger charge is -2.36. The molecule has 2 amide bonds. The second kappa shape index (κ2) is 8.90. The number of carbonyl (C=O) groups excluding carboxylic acids is 1. The van der Waals surface area contributed by atoms with Crippen molar-refractivity contribution in [3.8, 4) is 11.5 Å². The average molecular weight is 388 g/mol. The molecule has 3 rings (SSSR count). The van der Waals surface area contributed by atoms with Crippen LogP contribution in [0.4, 0.5) is 16.2 Å². The van der Waals surface area contributed by atoms with Gasteiger partial charge in [-0.3, -0.25) is 0 Å². The summed E-state index contributed by atoms with van der Waals surface area (Å²) in [5.74, 6) is 1.28. The molecule has 2 aromatic carbocycles. The third-order valence-corrected chi connectivity index (χ3v) is 5.38. The number of hydrogen-bond donors (Lipinski definition) is 1. The summed E-state index contributed by atoms with van der Waals surface area (Å²) in [6, 6.07) is 13.6. The Balaban J connectivity index is 1.62. The van der Waals surface area contributed by atoms with Gasteiger partial charge < -0.3 is 24.6 Å². The van der Waals surface area contributed by atoms with Crippen molar-refractivity contribution in [2.24, 2.45) is 0 Å². The van der Waals surface area contributed by atoms with Crippen LogP contribution in [0.2, 0.25) is 0 Å². The van der Waals surface area contributed by atoms with E-state index in [0.29, 0.717) is 30.3 Å². The van der Waals surface area contributed by atoms with Gasteiger partial charge in [-0.25, -0.2) is 4.79 Å². The third kappa shape index (κ3) is 4.60. The van der Waals surface area contributed by atoms with Crippen LogP contribution in [0.15, 0.2) is 47.4 Å². The fourth-order valence-corrected chi connectivity index (χ4v) is 3.74. The fourth-order valence-electron chi connectivity index (χ4n) is 3.12. The minimum Gasteiger partial charge on any atom is -0.497 e. The van der Waals surface area contributed by atoms with Gasteiger partial charge in [-0.1, -0.05) is 12.1 Å². The van der Waals surface area contributed by atoms with Crippen LogP contribution in [0.5, 0.6) is 11.5 Å². The van der Waals surface area contributed by atoms with Crippen LogP contribution in [0, 0.1) is 0 Å². The third-order valence-electron chi connectivity index (χ3n) is 4.60. The second-order valence-corrected chi connectivity index (χ2v) is 7.03. The van der Waals surface area contributed by atoms with Crippen molar-refractivity contribution in [1.29, 1.82) is 0 Å². The summed E-state index contributed by atoms with van der Waals surface area (Å²) in [7, 11) is 3.18. The van der Waals surface area contributed by atoms with Gasteiger partial charge in [0, 0.05) is 55.0 Å². The predicted molar refractivity (Wildman–Crippen MR) is 111 cm³/mol. The molecule has 0 aliphatic carbocycles. The average Bonchev–Trinajstić information content (AvgIpc) is 2.73. The number of anilines is 2. The Hall–Kier alpha value is -2.54. The van der Waals surface area contributed by atoms with Crippen molar-refractivity contribution in [1.82, 2.24) is 4.90 Å². The number of hydrogen-bond acceptors (Lipinski definition) is 5. The van der Waals surface area contributed by atoms with Crippen LogP contribution in [-0.4, -0.2) is 57.6 Å². The number of nitrogens with zero attached hydrogens (tertiary/aromatic N) is 2. The number of para-hydroxylation sites is 1. The molecule has 6 nitrogen and oxygen atoms in total. The largest absolute Gasteiger partial charge is 0.497 e. The van der Waals surface area contributed by atoms with Gasteiger partial charge >= 0.3 is 6.03 Å². The molecule has 1 aliphatic rings. The van der Waals surface area contributed by atoms with Gasteiger partial charge in [0.2, 0.25) is 0 Å². The number of nitrogens with one attached hydrogen (secondary N) is 1. The van der Waals surface area contributed by atoms with Crippen LogP contribution in [-0.2, 0) is 0 Å². The Bertz CT molecular complexity index is 770. The molecule has 7 heteroatoms. The molecular weight excluding hydrogens is 362 g/mol. The molecule has 1 aliphatic heterocycles. The summed E-state index contributed by atoms with van der Waals surface area (Å²) >= 11 is 1.75. The lowest BCUT2D eigenvalue weighted by Crippen LogP contribution is -2.50. The van der Waals surface area contributed by atoms with Gasteiger partial charge in [0.15, 0.2) is 0 Å². The molecule has 0 unspecified atom stereocenters. The van der Waals surface area contributed by atoms with Gasteiger partial charge in [0.1, 0.15) is 11.5 Å². The Kier molecular flexibility index (Phi) is 6.34. The van der Waals surface area contributed by atoms with E-state index < -0.39 is 0 Å². The van der Waals surface area contributed by atoms with Crippen LogP contribution in [0.25, 0.3) is 0 Å². The molecule has 27 heavy (non-hydrogen) atoms. The Morgan fingerprint density at radius 2 is 1.63 bits per heavy atom. The quantitative estimate of drug-likeness (QED) is 0.792. The topological polar surface area (TPSA) is 54.0 Å². The highest BCUT2D eigenvalue weighted by Gasteiger charge is 2.22. The standard InChI is InChI=1S/C20H25N3O3S/c1-25-16-12-15(13-17(14-16)26-2)21-20(24)23-10-8-22(9-11-23)18-6-4-5-7-19(18)27-3/h4-7,12-14H,8-11H2,1-3H3,(H,21,24). The summed E-state index contributed by atoms with van der Waals surface area (Å²) in [5, 5.41) is 2.94. The van der Waals surface area contributed by atoms with E-state index in [1.807, 2.05) is 4.90 Å². The minimum atomic E-state index is -0.108. The highest BCUT2D eigenvalue weighted by atomic mass is 32.2. The van der Waals surface area contributed by atoms with E-state index in [-0.39, 0.29) is 6.03 Å². The normalized spacial score (nSPS) is 14.0. The van der Waals surface area contributed by atoms with Crippen molar-refractivity contribution < 1.29 is 14.3 Å². The van der Waals surface area contributed by atoms with Crippen molar-refractivity contribution in [2.75, 3.05) is 56.9 Å². The van der Waals surface area contributed by atoms with Gasteiger partial charge in [0.25, 0.3) is 0 Å². The molecular formula is C20H25N3O3S. The number of benzene rings is 2. The summed E-state index contributed by atoms with van der Waals surface area (Å²) in [4.78, 5) is 18.1. The van der Waals surface area contributed by atoms with Crippen LogP contribution in [0.1, 0.15) is 0 Å². The van der Waals surface area contributed by atoms with E-state index in [2.05, 4.69) is 40.7 Å². The molecule has 0 aromatic heterocycles. The van der Waals surface area contributed by atoms with Gasteiger partial charge in [0.05, 0.1) is 19.9 Å². The molecule has 1 fully saturated rings. The van der Waals surface area contributed by atoms with Crippen molar-refractivity contribution in [3.05, 3.63) is 42.5 Å². The number of thioether (sulfide) groups is 1. The summed E-state index contributed by atoms with van der Waals surface area (Å²) < 4.78 is 10.5. The first-order chi connectivity index (χ1) is 13.1. The van der Waals surface area contributed by atoms with E-state index in [0.717, 1.165) is 13.1 Å². The second-order valence-electron chi connectivity index (χ2n) is 6.18. The maximum Gasteiger partial charge on any atom is 0.321 e. The number of methoxy groups -OCH3 is 2. The summed E-state index contributed by atoms with van der Waals surface area (Å²) in [6.45, 7) is 2.98. The van der Waals surface area contributed by atoms with E-state index in [1.165, 1.54) is 10.6 Å². The van der Waals surface area contributed by atoms with Gasteiger partial charge in [-0.2, -0.15) is 0 Å². The van der Waals surface area contributed by atoms with Crippen LogP contribution in [0.3, 0.4) is 0 Å². The molecule has 0 atom stereocenters. The number of amides is 2. The zero-order valence-electron chi connectivity index (χ0n) is 15.9. The highest BCUT2D eigenvalue weighted by Crippen LogP contribution is 2.29. The highest BCUT2D eigenvalue weighted by molar-refractivity contribution is 7.98. The monoisotopic (exact) mass is 387 g/mol. The first-order valence-corrected chi connectivity index (χ1v) is 10.0. The summed E-state index contributed by atoms with van der Waals surface area (Å²) in [6.07, 6.45) is 2.09. The molecule has 1 heterocycles. The molecule has 1 N–H and O–H groups in total. The molecule has 0 saturated carbocycles. The smallest absolute Gasteiger partial charge is 0.321 e.